The van der Waals surface area contributed by atoms with Crippen LogP contribution in [-0.4, -0.2) is 59.1 Å². The minimum atomic E-state index is -0.0388. The molecule has 1 aromatic rings. The van der Waals surface area contributed by atoms with E-state index in [1.54, 1.807) is 6.07 Å². The maximum Gasteiger partial charge on any atom is 0.323 e. The van der Waals surface area contributed by atoms with E-state index < -0.39 is 0 Å². The Hall–Kier alpha value is -1.82. The highest BCUT2D eigenvalue weighted by Crippen LogP contribution is 2.38. The second-order valence-corrected chi connectivity index (χ2v) is 7.40. The number of fused-ring (bicyclic) bond motifs is 1. The number of aromatic nitrogens is 1. The zero-order valence-electron chi connectivity index (χ0n) is 15.0. The van der Waals surface area contributed by atoms with Crippen LogP contribution in [0.3, 0.4) is 0 Å². The molecule has 3 aliphatic rings. The lowest BCUT2D eigenvalue weighted by Crippen LogP contribution is -2.56. The summed E-state index contributed by atoms with van der Waals surface area (Å²) in [6.07, 6.45) is 6.35. The average Bonchev–Trinajstić information content (AvgIpc) is 3.46. The van der Waals surface area contributed by atoms with Gasteiger partial charge in [0.25, 0.3) is 0 Å². The minimum Gasteiger partial charge on any atom is -0.478 e. The first kappa shape index (κ1) is 16.6. The number of likely N-dealkylation sites (tertiary alicyclic amines) is 2. The van der Waals surface area contributed by atoms with Gasteiger partial charge in [-0.25, -0.2) is 4.79 Å². The lowest BCUT2D eigenvalue weighted by molar-refractivity contribution is 0.0315. The van der Waals surface area contributed by atoms with Gasteiger partial charge in [0.2, 0.25) is 5.88 Å². The predicted molar refractivity (Wildman–Crippen MR) is 96.9 cm³/mol. The number of hydrogen-bond donors (Lipinski definition) is 1. The number of carbonyl (C=O) groups excluding carboxylic acids is 1. The van der Waals surface area contributed by atoms with Gasteiger partial charge in [-0.05, 0) is 57.6 Å². The van der Waals surface area contributed by atoms with Gasteiger partial charge in [-0.15, -0.1) is 0 Å². The van der Waals surface area contributed by atoms with Crippen LogP contribution < -0.4 is 10.1 Å². The van der Waals surface area contributed by atoms with E-state index in [0.29, 0.717) is 30.3 Å². The van der Waals surface area contributed by atoms with Crippen LogP contribution in [0.4, 0.5) is 10.6 Å². The third kappa shape index (κ3) is 3.73. The zero-order chi connectivity index (χ0) is 17.2. The van der Waals surface area contributed by atoms with Gasteiger partial charge in [-0.3, -0.25) is 10.2 Å². The number of carbonyl (C=O) groups is 1. The van der Waals surface area contributed by atoms with Gasteiger partial charge in [0.15, 0.2) is 0 Å². The van der Waals surface area contributed by atoms with Crippen LogP contribution >= 0.6 is 0 Å². The molecule has 1 aromatic heterocycles. The number of nitrogens with one attached hydrogen (secondary N) is 1. The van der Waals surface area contributed by atoms with E-state index in [-0.39, 0.29) is 6.03 Å². The second kappa shape index (κ2) is 7.20. The third-order valence-corrected chi connectivity index (χ3v) is 5.66. The Morgan fingerprint density at radius 1 is 1.28 bits per heavy atom. The van der Waals surface area contributed by atoms with Crippen LogP contribution in [0.5, 0.6) is 5.88 Å². The van der Waals surface area contributed by atoms with Crippen LogP contribution in [0.15, 0.2) is 18.2 Å². The topological polar surface area (TPSA) is 57.7 Å². The fourth-order valence-electron chi connectivity index (χ4n) is 4.39. The van der Waals surface area contributed by atoms with E-state index in [2.05, 4.69) is 15.2 Å². The Morgan fingerprint density at radius 3 is 2.96 bits per heavy atom. The molecule has 1 saturated carbocycles. The fraction of sp³-hybridized carbons (Fsp3) is 0.684. The number of ether oxygens (including phenoxy) is 1. The number of hydrogen-bond acceptors (Lipinski definition) is 4. The van der Waals surface area contributed by atoms with Gasteiger partial charge < -0.3 is 9.64 Å². The van der Waals surface area contributed by atoms with E-state index in [4.69, 9.17) is 4.74 Å². The van der Waals surface area contributed by atoms with Gasteiger partial charge in [0, 0.05) is 31.2 Å². The molecule has 1 N–H and O–H groups in total. The number of pyridine rings is 1. The summed E-state index contributed by atoms with van der Waals surface area (Å²) in [6, 6.07) is 6.95. The van der Waals surface area contributed by atoms with Gasteiger partial charge in [-0.1, -0.05) is 6.07 Å². The van der Waals surface area contributed by atoms with E-state index in [0.717, 1.165) is 25.6 Å². The van der Waals surface area contributed by atoms with Crippen molar-refractivity contribution in [3.8, 4) is 5.88 Å². The van der Waals surface area contributed by atoms with Gasteiger partial charge >= 0.3 is 6.03 Å². The summed E-state index contributed by atoms with van der Waals surface area (Å²) < 4.78 is 5.40. The number of anilines is 1. The molecule has 0 aromatic carbocycles. The molecule has 3 heterocycles. The largest absolute Gasteiger partial charge is 0.478 e. The number of rotatable bonds is 4. The maximum atomic E-state index is 12.7. The molecule has 2 saturated heterocycles. The van der Waals surface area contributed by atoms with Crippen molar-refractivity contribution < 1.29 is 9.53 Å². The molecule has 25 heavy (non-hydrogen) atoms. The Kier molecular flexibility index (Phi) is 4.79. The SMILES string of the molecule is CCOc1cccc(NC(=O)N2CCC3C(CCCN3C3CC3)C2)n1. The van der Waals surface area contributed by atoms with Crippen molar-refractivity contribution in [1.29, 1.82) is 0 Å². The molecule has 3 fully saturated rings. The normalized spacial score (nSPS) is 26.8. The van der Waals surface area contributed by atoms with E-state index in [1.165, 1.54) is 32.2 Å². The number of amides is 2. The van der Waals surface area contributed by atoms with Gasteiger partial charge in [0.05, 0.1) is 6.61 Å². The summed E-state index contributed by atoms with van der Waals surface area (Å²) in [7, 11) is 0. The lowest BCUT2D eigenvalue weighted by atomic mass is 9.84. The Labute approximate surface area is 149 Å². The van der Waals surface area contributed by atoms with Crippen molar-refractivity contribution in [1.82, 2.24) is 14.8 Å². The highest BCUT2D eigenvalue weighted by atomic mass is 16.5. The Balaban J connectivity index is 1.36. The molecule has 6 nitrogen and oxygen atoms in total. The first-order valence-electron chi connectivity index (χ1n) is 9.66. The average molecular weight is 344 g/mol. The molecule has 0 radical (unpaired) electrons. The fourth-order valence-corrected chi connectivity index (χ4v) is 4.39. The van der Waals surface area contributed by atoms with Crippen LogP contribution in [-0.2, 0) is 0 Å². The Morgan fingerprint density at radius 2 is 2.16 bits per heavy atom. The van der Waals surface area contributed by atoms with Crippen molar-refractivity contribution >= 4 is 11.8 Å². The standard InChI is InChI=1S/C19H28N4O2/c1-2-25-18-7-3-6-17(20-18)21-19(24)22-12-10-16-14(13-22)5-4-11-23(16)15-8-9-15/h3,6-7,14-16H,2,4-5,8-13H2,1H3,(H,20,21,24). The van der Waals surface area contributed by atoms with E-state index in [9.17, 15) is 4.79 Å². The van der Waals surface area contributed by atoms with Gasteiger partial charge in [0.1, 0.15) is 5.82 Å². The monoisotopic (exact) mass is 344 g/mol. The summed E-state index contributed by atoms with van der Waals surface area (Å²) in [5.41, 5.74) is 0. The molecule has 0 spiro atoms. The van der Waals surface area contributed by atoms with Crippen LogP contribution in [0.25, 0.3) is 0 Å². The molecule has 2 atom stereocenters. The van der Waals surface area contributed by atoms with Gasteiger partial charge in [-0.2, -0.15) is 4.98 Å². The van der Waals surface area contributed by atoms with E-state index in [1.807, 2.05) is 24.0 Å². The summed E-state index contributed by atoms with van der Waals surface area (Å²) in [6.45, 7) is 5.45. The first-order chi connectivity index (χ1) is 12.2. The predicted octanol–water partition coefficient (Wildman–Crippen LogP) is 2.96. The third-order valence-electron chi connectivity index (χ3n) is 5.66. The van der Waals surface area contributed by atoms with Crippen LogP contribution in [0.2, 0.25) is 0 Å². The molecule has 136 valence electrons. The summed E-state index contributed by atoms with van der Waals surface area (Å²) in [5, 5.41) is 2.93. The molecule has 4 rings (SSSR count). The van der Waals surface area contributed by atoms with Crippen molar-refractivity contribution in [2.75, 3.05) is 31.6 Å². The first-order valence-corrected chi connectivity index (χ1v) is 9.66. The molecular weight excluding hydrogens is 316 g/mol. The smallest absolute Gasteiger partial charge is 0.323 e. The molecular formula is C19H28N4O2. The highest BCUT2D eigenvalue weighted by Gasteiger charge is 2.42. The Bertz CT molecular complexity index is 619. The number of nitrogens with zero attached hydrogens (tertiary/aromatic N) is 3. The quantitative estimate of drug-likeness (QED) is 0.912. The van der Waals surface area contributed by atoms with Crippen LogP contribution in [0.1, 0.15) is 39.0 Å². The summed E-state index contributed by atoms with van der Waals surface area (Å²) >= 11 is 0. The van der Waals surface area contributed by atoms with E-state index >= 15 is 0 Å². The summed E-state index contributed by atoms with van der Waals surface area (Å²) in [4.78, 5) is 21.7. The van der Waals surface area contributed by atoms with Crippen molar-refractivity contribution in [2.45, 2.75) is 51.1 Å². The molecule has 2 aliphatic heterocycles. The maximum absolute atomic E-state index is 12.7. The van der Waals surface area contributed by atoms with Crippen molar-refractivity contribution in [2.24, 2.45) is 5.92 Å². The lowest BCUT2D eigenvalue weighted by Gasteiger charge is -2.47. The highest BCUT2D eigenvalue weighted by molar-refractivity contribution is 5.88. The second-order valence-electron chi connectivity index (χ2n) is 7.40. The molecule has 6 heteroatoms. The zero-order valence-corrected chi connectivity index (χ0v) is 15.0. The molecule has 1 aliphatic carbocycles. The molecule has 2 unspecified atom stereocenters. The molecule has 2 amide bonds. The van der Waals surface area contributed by atoms with Crippen molar-refractivity contribution in [3.63, 3.8) is 0 Å². The number of piperidine rings is 2. The van der Waals surface area contributed by atoms with Crippen molar-refractivity contribution in [3.05, 3.63) is 18.2 Å². The summed E-state index contributed by atoms with van der Waals surface area (Å²) in [5.74, 6) is 1.73. The number of urea groups is 1. The minimum absolute atomic E-state index is 0.0388. The van der Waals surface area contributed by atoms with Crippen LogP contribution in [0, 0.1) is 5.92 Å². The molecule has 0 bridgehead atoms.